The first-order valence-corrected chi connectivity index (χ1v) is 8.99. The van der Waals surface area contributed by atoms with Crippen LogP contribution in [0.4, 0.5) is 10.1 Å². The standard InChI is InChI=1S/C23H20FNO2/c1-16-9-11-17(12-10-16)13-20-15-25(21-7-2-3-8-22(21)27-20)23(26)18-5-4-6-19(24)14-18/h2-12,14,20H,13,15H2,1H3. The number of anilines is 1. The molecule has 3 aromatic carbocycles. The van der Waals surface area contributed by atoms with Crippen LogP contribution >= 0.6 is 0 Å². The fourth-order valence-electron chi connectivity index (χ4n) is 3.36. The molecule has 1 heterocycles. The molecular formula is C23H20FNO2. The molecule has 0 radical (unpaired) electrons. The molecule has 1 aliphatic heterocycles. The van der Waals surface area contributed by atoms with E-state index in [-0.39, 0.29) is 12.0 Å². The second-order valence-corrected chi connectivity index (χ2v) is 6.82. The number of fused-ring (bicyclic) bond motifs is 1. The van der Waals surface area contributed by atoms with Crippen molar-refractivity contribution in [1.29, 1.82) is 0 Å². The number of nitrogens with zero attached hydrogens (tertiary/aromatic N) is 1. The van der Waals surface area contributed by atoms with Gasteiger partial charge in [-0.2, -0.15) is 0 Å². The van der Waals surface area contributed by atoms with Crippen LogP contribution in [0.25, 0.3) is 0 Å². The maximum absolute atomic E-state index is 13.6. The topological polar surface area (TPSA) is 29.5 Å². The SMILES string of the molecule is Cc1ccc(CC2CN(C(=O)c3cccc(F)c3)c3ccccc3O2)cc1. The summed E-state index contributed by atoms with van der Waals surface area (Å²) in [5.41, 5.74) is 3.41. The summed E-state index contributed by atoms with van der Waals surface area (Å²) in [6.07, 6.45) is 0.529. The highest BCUT2D eigenvalue weighted by molar-refractivity contribution is 6.07. The largest absolute Gasteiger partial charge is 0.486 e. The molecule has 3 aromatic rings. The summed E-state index contributed by atoms with van der Waals surface area (Å²) in [6.45, 7) is 2.47. The van der Waals surface area contributed by atoms with Crippen LogP contribution in [0.2, 0.25) is 0 Å². The van der Waals surface area contributed by atoms with E-state index in [4.69, 9.17) is 4.74 Å². The molecule has 0 saturated heterocycles. The summed E-state index contributed by atoms with van der Waals surface area (Å²) >= 11 is 0. The molecule has 0 spiro atoms. The fourth-order valence-corrected chi connectivity index (χ4v) is 3.36. The number of halogens is 1. The molecule has 0 aromatic heterocycles. The number of rotatable bonds is 3. The Kier molecular flexibility index (Phi) is 4.63. The van der Waals surface area contributed by atoms with E-state index < -0.39 is 5.82 Å². The lowest BCUT2D eigenvalue weighted by atomic mass is 10.0. The Hall–Kier alpha value is -3.14. The number of carbonyl (C=O) groups excluding carboxylic acids is 1. The van der Waals surface area contributed by atoms with Gasteiger partial charge in [-0.15, -0.1) is 0 Å². The molecule has 136 valence electrons. The lowest BCUT2D eigenvalue weighted by Crippen LogP contribution is -2.44. The molecule has 27 heavy (non-hydrogen) atoms. The van der Waals surface area contributed by atoms with Gasteiger partial charge < -0.3 is 9.64 Å². The quantitative estimate of drug-likeness (QED) is 0.672. The van der Waals surface area contributed by atoms with Crippen molar-refractivity contribution in [2.24, 2.45) is 0 Å². The third-order valence-corrected chi connectivity index (χ3v) is 4.74. The van der Waals surface area contributed by atoms with Crippen LogP contribution in [0.5, 0.6) is 5.75 Å². The summed E-state index contributed by atoms with van der Waals surface area (Å²) in [5.74, 6) is 0.0309. The normalized spacial score (nSPS) is 15.8. The number of hydrogen-bond donors (Lipinski definition) is 0. The molecule has 1 atom stereocenters. The van der Waals surface area contributed by atoms with Crippen molar-refractivity contribution in [3.63, 3.8) is 0 Å². The molecule has 1 unspecified atom stereocenters. The minimum atomic E-state index is -0.418. The van der Waals surface area contributed by atoms with Gasteiger partial charge in [0.1, 0.15) is 17.7 Å². The minimum absolute atomic E-state index is 0.167. The number of benzene rings is 3. The van der Waals surface area contributed by atoms with E-state index in [0.717, 1.165) is 5.56 Å². The molecule has 0 aliphatic carbocycles. The highest BCUT2D eigenvalue weighted by Gasteiger charge is 2.30. The zero-order chi connectivity index (χ0) is 18.8. The van der Waals surface area contributed by atoms with E-state index in [9.17, 15) is 9.18 Å². The number of para-hydroxylation sites is 2. The first-order valence-electron chi connectivity index (χ1n) is 8.99. The van der Waals surface area contributed by atoms with E-state index in [1.165, 1.54) is 17.7 Å². The first-order chi connectivity index (χ1) is 13.1. The van der Waals surface area contributed by atoms with Crippen molar-refractivity contribution in [1.82, 2.24) is 0 Å². The monoisotopic (exact) mass is 361 g/mol. The fraction of sp³-hybridized carbons (Fsp3) is 0.174. The van der Waals surface area contributed by atoms with Gasteiger partial charge in [-0.3, -0.25) is 4.79 Å². The Balaban J connectivity index is 1.63. The van der Waals surface area contributed by atoms with E-state index in [1.54, 1.807) is 17.0 Å². The van der Waals surface area contributed by atoms with Gasteiger partial charge in [0.05, 0.1) is 12.2 Å². The molecular weight excluding hydrogens is 341 g/mol. The van der Waals surface area contributed by atoms with Gasteiger partial charge in [-0.05, 0) is 42.8 Å². The Morgan fingerprint density at radius 1 is 1.07 bits per heavy atom. The Morgan fingerprint density at radius 3 is 2.63 bits per heavy atom. The molecule has 4 rings (SSSR count). The lowest BCUT2D eigenvalue weighted by molar-refractivity contribution is 0.0955. The van der Waals surface area contributed by atoms with Crippen LogP contribution in [0, 0.1) is 12.7 Å². The molecule has 0 N–H and O–H groups in total. The smallest absolute Gasteiger partial charge is 0.258 e. The van der Waals surface area contributed by atoms with Crippen molar-refractivity contribution in [2.45, 2.75) is 19.4 Å². The zero-order valence-electron chi connectivity index (χ0n) is 15.1. The van der Waals surface area contributed by atoms with E-state index >= 15 is 0 Å². The molecule has 1 aliphatic rings. The molecule has 0 bridgehead atoms. The Morgan fingerprint density at radius 2 is 1.85 bits per heavy atom. The van der Waals surface area contributed by atoms with Crippen LogP contribution < -0.4 is 9.64 Å². The zero-order valence-corrected chi connectivity index (χ0v) is 15.1. The average molecular weight is 361 g/mol. The third-order valence-electron chi connectivity index (χ3n) is 4.74. The number of hydrogen-bond acceptors (Lipinski definition) is 2. The van der Waals surface area contributed by atoms with E-state index in [2.05, 4.69) is 31.2 Å². The van der Waals surface area contributed by atoms with Crippen LogP contribution in [0.15, 0.2) is 72.8 Å². The molecule has 0 fully saturated rings. The van der Waals surface area contributed by atoms with Crippen molar-refractivity contribution < 1.29 is 13.9 Å². The van der Waals surface area contributed by atoms with Gasteiger partial charge in [0.15, 0.2) is 0 Å². The van der Waals surface area contributed by atoms with Gasteiger partial charge in [-0.25, -0.2) is 4.39 Å². The van der Waals surface area contributed by atoms with Gasteiger partial charge in [0, 0.05) is 12.0 Å². The highest BCUT2D eigenvalue weighted by Crippen LogP contribution is 2.34. The van der Waals surface area contributed by atoms with Crippen LogP contribution in [-0.2, 0) is 6.42 Å². The number of ether oxygens (including phenoxy) is 1. The number of aryl methyl sites for hydroxylation is 1. The predicted molar refractivity (Wildman–Crippen MR) is 104 cm³/mol. The minimum Gasteiger partial charge on any atom is -0.486 e. The van der Waals surface area contributed by atoms with E-state index in [1.807, 2.05) is 24.3 Å². The maximum Gasteiger partial charge on any atom is 0.258 e. The highest BCUT2D eigenvalue weighted by atomic mass is 19.1. The summed E-state index contributed by atoms with van der Waals surface area (Å²) in [4.78, 5) is 14.7. The van der Waals surface area contributed by atoms with Gasteiger partial charge in [0.25, 0.3) is 5.91 Å². The number of amides is 1. The van der Waals surface area contributed by atoms with Crippen molar-refractivity contribution in [3.8, 4) is 5.75 Å². The second kappa shape index (κ2) is 7.23. The molecule has 3 nitrogen and oxygen atoms in total. The first kappa shape index (κ1) is 17.3. The summed E-state index contributed by atoms with van der Waals surface area (Å²) < 4.78 is 19.7. The van der Waals surface area contributed by atoms with Crippen LogP contribution in [-0.4, -0.2) is 18.6 Å². The molecule has 0 saturated carbocycles. The Labute approximate surface area is 158 Å². The maximum atomic E-state index is 13.6. The van der Waals surface area contributed by atoms with Gasteiger partial charge >= 0.3 is 0 Å². The van der Waals surface area contributed by atoms with Crippen LogP contribution in [0.1, 0.15) is 21.5 Å². The number of carbonyl (C=O) groups is 1. The summed E-state index contributed by atoms with van der Waals surface area (Å²) in [6, 6.07) is 21.6. The van der Waals surface area contributed by atoms with E-state index in [0.29, 0.717) is 30.0 Å². The average Bonchev–Trinajstić information content (AvgIpc) is 2.68. The Bertz CT molecular complexity index is 968. The van der Waals surface area contributed by atoms with Crippen molar-refractivity contribution in [3.05, 3.63) is 95.3 Å². The summed E-state index contributed by atoms with van der Waals surface area (Å²) in [5, 5.41) is 0. The van der Waals surface area contributed by atoms with Gasteiger partial charge in [0.2, 0.25) is 0 Å². The van der Waals surface area contributed by atoms with Crippen molar-refractivity contribution >= 4 is 11.6 Å². The van der Waals surface area contributed by atoms with Gasteiger partial charge in [-0.1, -0.05) is 48.0 Å². The molecule has 4 heteroatoms. The van der Waals surface area contributed by atoms with Crippen LogP contribution in [0.3, 0.4) is 0 Å². The third kappa shape index (κ3) is 3.70. The molecule has 1 amide bonds. The summed E-state index contributed by atoms with van der Waals surface area (Å²) in [7, 11) is 0. The van der Waals surface area contributed by atoms with Crippen molar-refractivity contribution in [2.75, 3.05) is 11.4 Å². The predicted octanol–water partition coefficient (Wildman–Crippen LogP) is 4.78. The lowest BCUT2D eigenvalue weighted by Gasteiger charge is -2.35. The second-order valence-electron chi connectivity index (χ2n) is 6.82.